The van der Waals surface area contributed by atoms with Crippen LogP contribution in [-0.2, 0) is 32.7 Å². The van der Waals surface area contributed by atoms with Crippen LogP contribution in [0.1, 0.15) is 122 Å². The number of carbonyl (C=O) groups is 2. The first kappa shape index (κ1) is 39.8. The molecule has 2 atom stereocenters. The fraction of sp³-hybridized carbons (Fsp3) is 0.871. The molecule has 242 valence electrons. The SMILES string of the molecule is C=CCCCCCCCC(=O)O[C@@H](COC(=O)CCCCCCCCCCCC)COP(=O)(O)OCC[N+](C)(C)C. The molecule has 0 bridgehead atoms. The molecule has 0 aliphatic heterocycles. The second-order valence-electron chi connectivity index (χ2n) is 11.9. The van der Waals surface area contributed by atoms with E-state index in [1.165, 1.54) is 44.9 Å². The fourth-order valence-corrected chi connectivity index (χ4v) is 4.85. The predicted octanol–water partition coefficient (Wildman–Crippen LogP) is 7.51. The summed E-state index contributed by atoms with van der Waals surface area (Å²) in [5.74, 6) is -0.828. The van der Waals surface area contributed by atoms with Gasteiger partial charge in [0.1, 0.15) is 19.8 Å². The minimum Gasteiger partial charge on any atom is -0.462 e. The van der Waals surface area contributed by atoms with E-state index in [4.69, 9.17) is 18.5 Å². The molecule has 0 heterocycles. The Hall–Kier alpha value is -1.25. The van der Waals surface area contributed by atoms with E-state index in [2.05, 4.69) is 13.5 Å². The van der Waals surface area contributed by atoms with Crippen LogP contribution in [0.5, 0.6) is 0 Å². The number of quaternary nitrogens is 1. The maximum Gasteiger partial charge on any atom is 0.472 e. The van der Waals surface area contributed by atoms with E-state index >= 15 is 0 Å². The van der Waals surface area contributed by atoms with Gasteiger partial charge in [0.2, 0.25) is 0 Å². The van der Waals surface area contributed by atoms with Gasteiger partial charge in [-0.2, -0.15) is 0 Å². The molecule has 0 amide bonds. The molecule has 10 heteroatoms. The molecule has 0 radical (unpaired) electrons. The molecule has 0 aliphatic carbocycles. The van der Waals surface area contributed by atoms with E-state index in [-0.39, 0.29) is 32.0 Å². The van der Waals surface area contributed by atoms with Crippen molar-refractivity contribution in [2.75, 3.05) is 47.5 Å². The smallest absolute Gasteiger partial charge is 0.462 e. The molecule has 0 aromatic carbocycles. The number of nitrogens with zero attached hydrogens (tertiary/aromatic N) is 1. The summed E-state index contributed by atoms with van der Waals surface area (Å²) < 4.78 is 33.8. The maximum absolute atomic E-state index is 12.4. The number of allylic oxidation sites excluding steroid dienone is 1. The van der Waals surface area contributed by atoms with Gasteiger partial charge in [0.05, 0.1) is 27.7 Å². The molecule has 0 rings (SSSR count). The monoisotopic (exact) mass is 606 g/mol. The lowest BCUT2D eigenvalue weighted by Gasteiger charge is -2.24. The number of ether oxygens (including phenoxy) is 2. The second kappa shape index (κ2) is 25.3. The molecule has 0 aliphatic rings. The van der Waals surface area contributed by atoms with E-state index in [1.54, 1.807) is 0 Å². The van der Waals surface area contributed by atoms with Gasteiger partial charge < -0.3 is 18.9 Å². The molecule has 0 fully saturated rings. The number of likely N-dealkylation sites (N-methyl/N-ethyl adjacent to an activating group) is 1. The number of hydrogen-bond donors (Lipinski definition) is 1. The highest BCUT2D eigenvalue weighted by Crippen LogP contribution is 2.43. The number of phosphoric acid groups is 1. The van der Waals surface area contributed by atoms with Gasteiger partial charge in [-0.1, -0.05) is 90.0 Å². The van der Waals surface area contributed by atoms with Crippen molar-refractivity contribution in [2.45, 2.75) is 129 Å². The molecule has 0 aromatic heterocycles. The Bertz CT molecular complexity index is 725. The van der Waals surface area contributed by atoms with Gasteiger partial charge in [-0.25, -0.2) is 4.57 Å². The van der Waals surface area contributed by atoms with Crippen molar-refractivity contribution in [3.63, 3.8) is 0 Å². The first-order valence-electron chi connectivity index (χ1n) is 15.9. The highest BCUT2D eigenvalue weighted by molar-refractivity contribution is 7.47. The summed E-state index contributed by atoms with van der Waals surface area (Å²) in [6.07, 6.45) is 18.9. The Morgan fingerprint density at radius 2 is 1.29 bits per heavy atom. The van der Waals surface area contributed by atoms with E-state index in [9.17, 15) is 19.0 Å². The van der Waals surface area contributed by atoms with Gasteiger partial charge in [-0.3, -0.25) is 18.6 Å². The number of hydrogen-bond acceptors (Lipinski definition) is 7. The number of esters is 2. The summed E-state index contributed by atoms with van der Waals surface area (Å²) in [5, 5.41) is 0. The van der Waals surface area contributed by atoms with Gasteiger partial charge in [-0.05, 0) is 25.7 Å². The predicted molar refractivity (Wildman–Crippen MR) is 164 cm³/mol. The molecule has 0 saturated carbocycles. The standard InChI is InChI=1S/C31H60NO8P/c1-6-8-10-12-14-15-16-18-19-21-23-30(33)37-27-29(28-39-41(35,36)38-26-25-32(3,4)5)40-31(34)24-22-20-17-13-11-9-7-2/h7,29H,2,6,8-28H2,1,3-5H3/p+1/t29-/m0/s1. The minimum absolute atomic E-state index is 0.0301. The summed E-state index contributed by atoms with van der Waals surface area (Å²) in [4.78, 5) is 34.7. The van der Waals surface area contributed by atoms with E-state index in [1.807, 2.05) is 27.2 Å². The Kier molecular flexibility index (Phi) is 24.5. The third kappa shape index (κ3) is 28.6. The Morgan fingerprint density at radius 3 is 1.83 bits per heavy atom. The number of unbranched alkanes of at least 4 members (excludes halogenated alkanes) is 14. The van der Waals surface area contributed by atoms with Gasteiger partial charge in [0, 0.05) is 12.8 Å². The Morgan fingerprint density at radius 1 is 0.780 bits per heavy atom. The molecule has 1 unspecified atom stereocenters. The fourth-order valence-electron chi connectivity index (χ4n) is 4.11. The normalized spacial score (nSPS) is 13.9. The summed E-state index contributed by atoms with van der Waals surface area (Å²) in [6.45, 7) is 5.84. The Balaban J connectivity index is 4.50. The summed E-state index contributed by atoms with van der Waals surface area (Å²) in [7, 11) is 1.46. The maximum atomic E-state index is 12.4. The van der Waals surface area contributed by atoms with Crippen LogP contribution in [0.4, 0.5) is 0 Å². The van der Waals surface area contributed by atoms with Crippen LogP contribution in [-0.4, -0.2) is 74.9 Å². The van der Waals surface area contributed by atoms with Crippen molar-refractivity contribution in [1.82, 2.24) is 0 Å². The van der Waals surface area contributed by atoms with Crippen molar-refractivity contribution in [3.8, 4) is 0 Å². The summed E-state index contributed by atoms with van der Waals surface area (Å²) in [5.41, 5.74) is 0. The Labute approximate surface area is 250 Å². The molecular formula is C31H61NO8P+. The quantitative estimate of drug-likeness (QED) is 0.0306. The largest absolute Gasteiger partial charge is 0.472 e. The van der Waals surface area contributed by atoms with Crippen LogP contribution in [0.2, 0.25) is 0 Å². The van der Waals surface area contributed by atoms with Crippen molar-refractivity contribution in [3.05, 3.63) is 12.7 Å². The van der Waals surface area contributed by atoms with E-state index in [0.717, 1.165) is 51.4 Å². The van der Waals surface area contributed by atoms with Crippen molar-refractivity contribution >= 4 is 19.8 Å². The molecule has 9 nitrogen and oxygen atoms in total. The van der Waals surface area contributed by atoms with Crippen molar-refractivity contribution in [1.29, 1.82) is 0 Å². The molecule has 1 N–H and O–H groups in total. The highest BCUT2D eigenvalue weighted by atomic mass is 31.2. The molecule has 0 spiro atoms. The van der Waals surface area contributed by atoms with Crippen LogP contribution in [0.25, 0.3) is 0 Å². The number of phosphoric ester groups is 1. The lowest BCUT2D eigenvalue weighted by Crippen LogP contribution is -2.37. The summed E-state index contributed by atoms with van der Waals surface area (Å²) >= 11 is 0. The van der Waals surface area contributed by atoms with Crippen LogP contribution < -0.4 is 0 Å². The number of rotatable bonds is 29. The molecule has 0 aromatic rings. The van der Waals surface area contributed by atoms with Crippen LogP contribution >= 0.6 is 7.82 Å². The topological polar surface area (TPSA) is 108 Å². The van der Waals surface area contributed by atoms with Crippen LogP contribution in [0.3, 0.4) is 0 Å². The third-order valence-corrected chi connectivity index (χ3v) is 7.68. The molecular weight excluding hydrogens is 545 g/mol. The van der Waals surface area contributed by atoms with Crippen LogP contribution in [0, 0.1) is 0 Å². The first-order chi connectivity index (χ1) is 19.5. The lowest BCUT2D eigenvalue weighted by atomic mass is 10.1. The highest BCUT2D eigenvalue weighted by Gasteiger charge is 2.27. The molecule has 41 heavy (non-hydrogen) atoms. The van der Waals surface area contributed by atoms with Gasteiger partial charge >= 0.3 is 19.8 Å². The number of carbonyl (C=O) groups excluding carboxylic acids is 2. The van der Waals surface area contributed by atoms with Crippen molar-refractivity contribution < 1.29 is 42.1 Å². The average molecular weight is 607 g/mol. The average Bonchev–Trinajstić information content (AvgIpc) is 2.90. The van der Waals surface area contributed by atoms with Crippen LogP contribution in [0.15, 0.2) is 12.7 Å². The zero-order valence-corrected chi connectivity index (χ0v) is 27.5. The van der Waals surface area contributed by atoms with E-state index in [0.29, 0.717) is 17.4 Å². The lowest BCUT2D eigenvalue weighted by molar-refractivity contribution is -0.870. The summed E-state index contributed by atoms with van der Waals surface area (Å²) in [6, 6.07) is 0. The zero-order valence-electron chi connectivity index (χ0n) is 26.6. The first-order valence-corrected chi connectivity index (χ1v) is 17.4. The van der Waals surface area contributed by atoms with E-state index < -0.39 is 26.5 Å². The van der Waals surface area contributed by atoms with Crippen molar-refractivity contribution in [2.24, 2.45) is 0 Å². The third-order valence-electron chi connectivity index (χ3n) is 6.69. The van der Waals surface area contributed by atoms with Gasteiger partial charge in [-0.15, -0.1) is 6.58 Å². The second-order valence-corrected chi connectivity index (χ2v) is 13.4. The van der Waals surface area contributed by atoms with Gasteiger partial charge in [0.25, 0.3) is 0 Å². The minimum atomic E-state index is -4.35. The zero-order chi connectivity index (χ0) is 30.8. The van der Waals surface area contributed by atoms with Gasteiger partial charge in [0.15, 0.2) is 6.10 Å². The molecule has 0 saturated heterocycles.